The SMILES string of the molecule is COC(=O)C(C=NC1CC1)=C(O)c1cc(F)c(Cl)cc1Cl. The van der Waals surface area contributed by atoms with Gasteiger partial charge in [-0.15, -0.1) is 0 Å². The largest absolute Gasteiger partial charge is 0.506 e. The van der Waals surface area contributed by atoms with Crippen LogP contribution in [-0.2, 0) is 9.53 Å². The monoisotopic (exact) mass is 331 g/mol. The predicted molar refractivity (Wildman–Crippen MR) is 79.5 cm³/mol. The standard InChI is InChI=1S/C14H12Cl2FNO3/c1-21-14(20)9(6-18-7-2-3-7)13(19)8-4-12(17)11(16)5-10(8)15/h4-7,19H,2-3H2,1H3. The third-order valence-electron chi connectivity index (χ3n) is 2.89. The lowest BCUT2D eigenvalue weighted by Gasteiger charge is -2.08. The van der Waals surface area contributed by atoms with E-state index in [9.17, 15) is 14.3 Å². The number of carbonyl (C=O) groups excluding carboxylic acids is 1. The quantitative estimate of drug-likeness (QED) is 0.300. The Kier molecular flexibility index (Phi) is 4.85. The summed E-state index contributed by atoms with van der Waals surface area (Å²) >= 11 is 11.5. The van der Waals surface area contributed by atoms with Crippen LogP contribution >= 0.6 is 23.2 Å². The van der Waals surface area contributed by atoms with Gasteiger partial charge in [0, 0.05) is 11.8 Å². The number of hydrogen-bond donors (Lipinski definition) is 1. The molecule has 2 rings (SSSR count). The number of hydrogen-bond acceptors (Lipinski definition) is 4. The van der Waals surface area contributed by atoms with E-state index in [0.29, 0.717) is 0 Å². The molecule has 0 spiro atoms. The van der Waals surface area contributed by atoms with Crippen molar-refractivity contribution in [2.75, 3.05) is 7.11 Å². The highest BCUT2D eigenvalue weighted by Gasteiger charge is 2.22. The number of aliphatic hydroxyl groups excluding tert-OH is 1. The van der Waals surface area contributed by atoms with Crippen molar-refractivity contribution in [1.29, 1.82) is 0 Å². The van der Waals surface area contributed by atoms with E-state index in [1.807, 2.05) is 0 Å². The maximum Gasteiger partial charge on any atom is 0.343 e. The molecule has 7 heteroatoms. The van der Waals surface area contributed by atoms with Gasteiger partial charge in [0.2, 0.25) is 0 Å². The topological polar surface area (TPSA) is 58.9 Å². The molecule has 0 heterocycles. The second-order valence-corrected chi connectivity index (χ2v) is 5.32. The molecule has 1 aliphatic carbocycles. The van der Waals surface area contributed by atoms with Crippen molar-refractivity contribution in [1.82, 2.24) is 0 Å². The van der Waals surface area contributed by atoms with Gasteiger partial charge in [-0.3, -0.25) is 4.99 Å². The summed E-state index contributed by atoms with van der Waals surface area (Å²) in [5.41, 5.74) is -0.241. The van der Waals surface area contributed by atoms with Crippen LogP contribution in [0.15, 0.2) is 22.7 Å². The van der Waals surface area contributed by atoms with Crippen molar-refractivity contribution in [3.05, 3.63) is 39.1 Å². The number of benzene rings is 1. The predicted octanol–water partition coefficient (Wildman–Crippen LogP) is 3.81. The Morgan fingerprint density at radius 1 is 1.43 bits per heavy atom. The van der Waals surface area contributed by atoms with Crippen LogP contribution in [0.1, 0.15) is 18.4 Å². The maximum absolute atomic E-state index is 13.5. The molecule has 1 fully saturated rings. The summed E-state index contributed by atoms with van der Waals surface area (Å²) in [6.45, 7) is 0. The van der Waals surface area contributed by atoms with Crippen LogP contribution < -0.4 is 0 Å². The minimum atomic E-state index is -0.789. The zero-order valence-corrected chi connectivity index (χ0v) is 12.6. The van der Waals surface area contributed by atoms with E-state index >= 15 is 0 Å². The summed E-state index contributed by atoms with van der Waals surface area (Å²) in [7, 11) is 1.17. The molecule has 0 saturated heterocycles. The second kappa shape index (κ2) is 6.45. The zero-order chi connectivity index (χ0) is 15.6. The number of aliphatic imine (C=N–C) groups is 1. The van der Waals surface area contributed by atoms with Gasteiger partial charge >= 0.3 is 5.97 Å². The summed E-state index contributed by atoms with van der Waals surface area (Å²) in [5, 5.41) is 10.0. The molecule has 0 atom stereocenters. The van der Waals surface area contributed by atoms with Crippen molar-refractivity contribution >= 4 is 41.1 Å². The lowest BCUT2D eigenvalue weighted by atomic mass is 10.1. The van der Waals surface area contributed by atoms with E-state index in [4.69, 9.17) is 23.2 Å². The number of aliphatic hydroxyl groups is 1. The highest BCUT2D eigenvalue weighted by molar-refractivity contribution is 6.36. The average Bonchev–Trinajstić information content (AvgIpc) is 3.26. The summed E-state index contributed by atoms with van der Waals surface area (Å²) in [4.78, 5) is 15.8. The van der Waals surface area contributed by atoms with Crippen LogP contribution in [0, 0.1) is 5.82 Å². The highest BCUT2D eigenvalue weighted by Crippen LogP contribution is 2.30. The number of methoxy groups -OCH3 is 1. The molecule has 1 aromatic carbocycles. The molecule has 1 aliphatic rings. The van der Waals surface area contributed by atoms with Gasteiger partial charge in [-0.25, -0.2) is 9.18 Å². The molecule has 4 nitrogen and oxygen atoms in total. The number of esters is 1. The van der Waals surface area contributed by atoms with Crippen LogP contribution in [0.5, 0.6) is 0 Å². The molecule has 112 valence electrons. The summed E-state index contributed by atoms with van der Waals surface area (Å²) in [6, 6.07) is 2.25. The normalized spacial score (nSPS) is 16.0. The molecule has 1 aromatic rings. The molecule has 1 N–H and O–H groups in total. The van der Waals surface area contributed by atoms with Crippen LogP contribution in [0.2, 0.25) is 10.0 Å². The van der Waals surface area contributed by atoms with Gasteiger partial charge in [-0.05, 0) is 25.0 Å². The van der Waals surface area contributed by atoms with Crippen LogP contribution in [0.3, 0.4) is 0 Å². The van der Waals surface area contributed by atoms with Gasteiger partial charge in [0.05, 0.1) is 23.2 Å². The van der Waals surface area contributed by atoms with E-state index < -0.39 is 17.5 Å². The second-order valence-electron chi connectivity index (χ2n) is 4.51. The molecule has 0 aromatic heterocycles. The zero-order valence-electron chi connectivity index (χ0n) is 11.1. The van der Waals surface area contributed by atoms with E-state index in [0.717, 1.165) is 25.0 Å². The van der Waals surface area contributed by atoms with Crippen molar-refractivity contribution in [2.45, 2.75) is 18.9 Å². The Hall–Kier alpha value is -1.59. The number of rotatable bonds is 4. The molecule has 0 bridgehead atoms. The third kappa shape index (κ3) is 3.74. The fourth-order valence-corrected chi connectivity index (χ4v) is 2.05. The van der Waals surface area contributed by atoms with Crippen LogP contribution in [0.4, 0.5) is 4.39 Å². The lowest BCUT2D eigenvalue weighted by molar-refractivity contribution is -0.135. The van der Waals surface area contributed by atoms with Crippen LogP contribution in [-0.4, -0.2) is 30.4 Å². The Balaban J connectivity index is 2.49. The molecule has 21 heavy (non-hydrogen) atoms. The Labute approximate surface area is 130 Å². The lowest BCUT2D eigenvalue weighted by Crippen LogP contribution is -2.10. The molecule has 0 radical (unpaired) electrons. The van der Waals surface area contributed by atoms with Gasteiger partial charge in [0.15, 0.2) is 0 Å². The first-order valence-electron chi connectivity index (χ1n) is 6.13. The van der Waals surface area contributed by atoms with Gasteiger partial charge in [-0.2, -0.15) is 0 Å². The summed E-state index contributed by atoms with van der Waals surface area (Å²) in [5.74, 6) is -2.05. The van der Waals surface area contributed by atoms with E-state index in [1.54, 1.807) is 0 Å². The number of carbonyl (C=O) groups is 1. The van der Waals surface area contributed by atoms with Gasteiger partial charge < -0.3 is 9.84 Å². The fourth-order valence-electron chi connectivity index (χ4n) is 1.57. The first-order chi connectivity index (χ1) is 9.93. The van der Waals surface area contributed by atoms with Crippen LogP contribution in [0.25, 0.3) is 5.76 Å². The third-order valence-corrected chi connectivity index (χ3v) is 3.49. The van der Waals surface area contributed by atoms with Crippen molar-refractivity contribution < 1.29 is 19.0 Å². The highest BCUT2D eigenvalue weighted by atomic mass is 35.5. The fraction of sp³-hybridized carbons (Fsp3) is 0.286. The van der Waals surface area contributed by atoms with E-state index in [-0.39, 0.29) is 27.2 Å². The van der Waals surface area contributed by atoms with Crippen molar-refractivity contribution in [2.24, 2.45) is 4.99 Å². The minimum Gasteiger partial charge on any atom is -0.506 e. The first kappa shape index (κ1) is 15.8. The molecule has 0 amide bonds. The molecule has 0 unspecified atom stereocenters. The first-order valence-corrected chi connectivity index (χ1v) is 6.89. The van der Waals surface area contributed by atoms with Gasteiger partial charge in [0.1, 0.15) is 17.1 Å². The molecular weight excluding hydrogens is 320 g/mol. The van der Waals surface area contributed by atoms with Gasteiger partial charge in [-0.1, -0.05) is 23.2 Å². The smallest absolute Gasteiger partial charge is 0.343 e. The Bertz CT molecular complexity index is 639. The van der Waals surface area contributed by atoms with Gasteiger partial charge in [0.25, 0.3) is 0 Å². The molecule has 1 saturated carbocycles. The molecule has 0 aliphatic heterocycles. The van der Waals surface area contributed by atoms with E-state index in [2.05, 4.69) is 9.73 Å². The average molecular weight is 332 g/mol. The Morgan fingerprint density at radius 3 is 2.67 bits per heavy atom. The van der Waals surface area contributed by atoms with Crippen molar-refractivity contribution in [3.8, 4) is 0 Å². The van der Waals surface area contributed by atoms with Crippen molar-refractivity contribution in [3.63, 3.8) is 0 Å². The molecular formula is C14H12Cl2FNO3. The summed E-state index contributed by atoms with van der Waals surface area (Å²) < 4.78 is 18.1. The Morgan fingerprint density at radius 2 is 2.10 bits per heavy atom. The van der Waals surface area contributed by atoms with E-state index in [1.165, 1.54) is 13.3 Å². The number of nitrogens with zero attached hydrogens (tertiary/aromatic N) is 1. The minimum absolute atomic E-state index is 0.0140. The summed E-state index contributed by atoms with van der Waals surface area (Å²) in [6.07, 6.45) is 3.09. The maximum atomic E-state index is 13.5. The number of halogens is 3. The number of ether oxygens (including phenoxy) is 1.